The number of amides is 1. The van der Waals surface area contributed by atoms with Gasteiger partial charge in [0.05, 0.1) is 21.2 Å². The first-order valence-electron chi connectivity index (χ1n) is 8.42. The van der Waals surface area contributed by atoms with Gasteiger partial charge in [0.1, 0.15) is 5.82 Å². The molecule has 0 fully saturated rings. The molecule has 1 atom stereocenters. The number of nitrogens with one attached hydrogen (secondary N) is 1. The number of benzene rings is 1. The Bertz CT molecular complexity index is 932. The summed E-state index contributed by atoms with van der Waals surface area (Å²) in [5.74, 6) is -0.444. The highest BCUT2D eigenvalue weighted by atomic mass is 79.9. The van der Waals surface area contributed by atoms with Crippen LogP contribution in [-0.2, 0) is 13.5 Å². The molecule has 27 heavy (non-hydrogen) atoms. The maximum Gasteiger partial charge on any atom is 0.261 e. The Balaban J connectivity index is 1.75. The van der Waals surface area contributed by atoms with Gasteiger partial charge < -0.3 is 11.1 Å². The Kier molecular flexibility index (Phi) is 6.08. The molecule has 8 heteroatoms. The van der Waals surface area contributed by atoms with E-state index in [0.717, 1.165) is 26.2 Å². The van der Waals surface area contributed by atoms with Gasteiger partial charge in [-0.1, -0.05) is 12.1 Å². The lowest BCUT2D eigenvalue weighted by molar-refractivity contribution is 0.0942. The van der Waals surface area contributed by atoms with Gasteiger partial charge in [0.15, 0.2) is 0 Å². The highest BCUT2D eigenvalue weighted by Gasteiger charge is 2.20. The lowest BCUT2D eigenvalue weighted by atomic mass is 10.1. The molecule has 2 heterocycles. The molecule has 1 amide bonds. The van der Waals surface area contributed by atoms with Gasteiger partial charge in [-0.2, -0.15) is 5.10 Å². The van der Waals surface area contributed by atoms with E-state index in [1.807, 2.05) is 20.0 Å². The number of aryl methyl sites for hydroxylation is 2. The fourth-order valence-electron chi connectivity index (χ4n) is 2.90. The summed E-state index contributed by atoms with van der Waals surface area (Å²) in [6, 6.07) is 7.88. The predicted molar refractivity (Wildman–Crippen MR) is 109 cm³/mol. The van der Waals surface area contributed by atoms with Crippen LogP contribution in [0.3, 0.4) is 0 Å². The van der Waals surface area contributed by atoms with Crippen LogP contribution in [0.5, 0.6) is 0 Å². The van der Waals surface area contributed by atoms with Gasteiger partial charge in [-0.25, -0.2) is 4.39 Å². The lowest BCUT2D eigenvalue weighted by Gasteiger charge is -2.16. The van der Waals surface area contributed by atoms with Crippen LogP contribution in [0.15, 0.2) is 41.0 Å². The summed E-state index contributed by atoms with van der Waals surface area (Å²) in [4.78, 5) is 14.4. The minimum atomic E-state index is -0.282. The van der Waals surface area contributed by atoms with Crippen molar-refractivity contribution < 1.29 is 9.18 Å². The standard InChI is InChI=1S/C19H20BrFN4OS/c1-11-15(18-16(20)10-23-25(18)2)8-17(27-11)19(26)24-14(9-22)7-12-3-5-13(21)6-4-12/h3-6,8,10,14H,7,9,22H2,1-2H3,(H,24,26)/t14-/m0/s1. The molecule has 2 aromatic heterocycles. The van der Waals surface area contributed by atoms with Gasteiger partial charge in [-0.3, -0.25) is 9.48 Å². The second-order valence-electron chi connectivity index (χ2n) is 6.28. The topological polar surface area (TPSA) is 72.9 Å². The predicted octanol–water partition coefficient (Wildman–Crippen LogP) is 3.66. The van der Waals surface area contributed by atoms with Gasteiger partial charge in [0.2, 0.25) is 0 Å². The van der Waals surface area contributed by atoms with Crippen molar-refractivity contribution in [3.8, 4) is 11.3 Å². The second kappa shape index (κ2) is 8.33. The largest absolute Gasteiger partial charge is 0.347 e. The van der Waals surface area contributed by atoms with Crippen LogP contribution in [0, 0.1) is 12.7 Å². The Morgan fingerprint density at radius 2 is 2.11 bits per heavy atom. The summed E-state index contributed by atoms with van der Waals surface area (Å²) in [6.07, 6.45) is 2.28. The number of rotatable bonds is 6. The summed E-state index contributed by atoms with van der Waals surface area (Å²) >= 11 is 4.94. The van der Waals surface area contributed by atoms with Crippen LogP contribution in [0.2, 0.25) is 0 Å². The highest BCUT2D eigenvalue weighted by molar-refractivity contribution is 9.10. The average Bonchev–Trinajstić information content (AvgIpc) is 3.18. The van der Waals surface area contributed by atoms with E-state index < -0.39 is 0 Å². The molecule has 0 saturated carbocycles. The van der Waals surface area contributed by atoms with Gasteiger partial charge in [0.25, 0.3) is 5.91 Å². The molecule has 0 unspecified atom stereocenters. The van der Waals surface area contributed by atoms with Crippen molar-refractivity contribution in [3.05, 3.63) is 62.1 Å². The van der Waals surface area contributed by atoms with Crippen molar-refractivity contribution in [1.29, 1.82) is 0 Å². The third kappa shape index (κ3) is 4.45. The number of thiophene rings is 1. The number of halogens is 2. The second-order valence-corrected chi connectivity index (χ2v) is 8.39. The van der Waals surface area contributed by atoms with Crippen molar-refractivity contribution >= 4 is 33.2 Å². The molecule has 0 bridgehead atoms. The molecule has 0 radical (unpaired) electrons. The zero-order valence-electron chi connectivity index (χ0n) is 15.0. The summed E-state index contributed by atoms with van der Waals surface area (Å²) < 4.78 is 15.7. The summed E-state index contributed by atoms with van der Waals surface area (Å²) in [6.45, 7) is 2.28. The first-order valence-corrected chi connectivity index (χ1v) is 10.0. The van der Waals surface area contributed by atoms with E-state index in [-0.39, 0.29) is 17.8 Å². The van der Waals surface area contributed by atoms with Crippen LogP contribution in [0.4, 0.5) is 4.39 Å². The van der Waals surface area contributed by atoms with Crippen LogP contribution in [0.25, 0.3) is 11.3 Å². The van der Waals surface area contributed by atoms with Crippen molar-refractivity contribution in [2.24, 2.45) is 12.8 Å². The van der Waals surface area contributed by atoms with E-state index >= 15 is 0 Å². The van der Waals surface area contributed by atoms with E-state index in [9.17, 15) is 9.18 Å². The normalized spacial score (nSPS) is 12.2. The molecule has 0 spiro atoms. The maximum absolute atomic E-state index is 13.0. The molecule has 142 valence electrons. The molecule has 0 aliphatic rings. The number of hydrogen-bond acceptors (Lipinski definition) is 4. The van der Waals surface area contributed by atoms with Gasteiger partial charge in [0, 0.05) is 30.1 Å². The Morgan fingerprint density at radius 3 is 2.70 bits per heavy atom. The number of aromatic nitrogens is 2. The van der Waals surface area contributed by atoms with Crippen LogP contribution in [0.1, 0.15) is 20.1 Å². The monoisotopic (exact) mass is 450 g/mol. The van der Waals surface area contributed by atoms with Crippen LogP contribution in [-0.4, -0.2) is 28.3 Å². The minimum absolute atomic E-state index is 0.162. The summed E-state index contributed by atoms with van der Waals surface area (Å²) in [5, 5.41) is 7.21. The minimum Gasteiger partial charge on any atom is -0.347 e. The van der Waals surface area contributed by atoms with Crippen LogP contribution < -0.4 is 11.1 Å². The number of carbonyl (C=O) groups excluding carboxylic acids is 1. The molecule has 3 rings (SSSR count). The summed E-state index contributed by atoms with van der Waals surface area (Å²) in [7, 11) is 1.87. The van der Waals surface area contributed by atoms with Crippen molar-refractivity contribution in [2.75, 3.05) is 6.54 Å². The zero-order chi connectivity index (χ0) is 19.6. The molecular formula is C19H20BrFN4OS. The Labute approximate surface area is 169 Å². The number of carbonyl (C=O) groups is 1. The molecule has 1 aromatic carbocycles. The Morgan fingerprint density at radius 1 is 1.41 bits per heavy atom. The van der Waals surface area contributed by atoms with Crippen molar-refractivity contribution in [1.82, 2.24) is 15.1 Å². The number of hydrogen-bond donors (Lipinski definition) is 2. The molecule has 3 aromatic rings. The zero-order valence-corrected chi connectivity index (χ0v) is 17.4. The lowest BCUT2D eigenvalue weighted by Crippen LogP contribution is -2.41. The van der Waals surface area contributed by atoms with Gasteiger partial charge >= 0.3 is 0 Å². The van der Waals surface area contributed by atoms with E-state index in [0.29, 0.717) is 17.8 Å². The quantitative estimate of drug-likeness (QED) is 0.601. The fourth-order valence-corrected chi connectivity index (χ4v) is 4.38. The summed E-state index contributed by atoms with van der Waals surface area (Å²) in [5.41, 5.74) is 8.66. The van der Waals surface area contributed by atoms with Crippen LogP contribution >= 0.6 is 27.3 Å². The van der Waals surface area contributed by atoms with E-state index in [1.165, 1.54) is 23.5 Å². The average molecular weight is 451 g/mol. The van der Waals surface area contributed by atoms with E-state index in [4.69, 9.17) is 5.73 Å². The van der Waals surface area contributed by atoms with E-state index in [2.05, 4.69) is 26.3 Å². The number of nitrogens with two attached hydrogens (primary N) is 1. The molecule has 0 saturated heterocycles. The van der Waals surface area contributed by atoms with E-state index in [1.54, 1.807) is 23.0 Å². The first-order chi connectivity index (χ1) is 12.9. The highest BCUT2D eigenvalue weighted by Crippen LogP contribution is 2.35. The van der Waals surface area contributed by atoms with Crippen molar-refractivity contribution in [2.45, 2.75) is 19.4 Å². The third-order valence-electron chi connectivity index (χ3n) is 4.31. The SMILES string of the molecule is Cc1sc(C(=O)N[C@H](CN)Cc2ccc(F)cc2)cc1-c1c(Br)cnn1C. The molecular weight excluding hydrogens is 431 g/mol. The molecule has 5 nitrogen and oxygen atoms in total. The maximum atomic E-state index is 13.0. The fraction of sp³-hybridized carbons (Fsp3) is 0.263. The first kappa shape index (κ1) is 19.7. The number of nitrogens with zero attached hydrogens (tertiary/aromatic N) is 2. The van der Waals surface area contributed by atoms with Crippen molar-refractivity contribution in [3.63, 3.8) is 0 Å². The third-order valence-corrected chi connectivity index (χ3v) is 5.94. The Hall–Kier alpha value is -2.03. The molecule has 0 aliphatic heterocycles. The molecule has 0 aliphatic carbocycles. The smallest absolute Gasteiger partial charge is 0.261 e. The van der Waals surface area contributed by atoms with Gasteiger partial charge in [-0.15, -0.1) is 11.3 Å². The van der Waals surface area contributed by atoms with Gasteiger partial charge in [-0.05, 0) is 53.0 Å². The molecule has 3 N–H and O–H groups in total.